The maximum atomic E-state index is 14.6. The predicted octanol–water partition coefficient (Wildman–Crippen LogP) is 2.98. The van der Waals surface area contributed by atoms with Crippen molar-refractivity contribution in [2.75, 3.05) is 13.1 Å². The Morgan fingerprint density at radius 3 is 2.94 bits per heavy atom. The Bertz CT molecular complexity index is 466. The first-order valence-electron chi connectivity index (χ1n) is 5.67. The molecule has 3 rings (SSSR count). The molecule has 16 heavy (non-hydrogen) atoms. The number of fused-ring (bicyclic) bond motifs is 1. The van der Waals surface area contributed by atoms with E-state index in [2.05, 4.69) is 5.32 Å². The standard InChI is InChI=1S/C13H14FNO/c14-13(6-3-7-15-9-13)12-8-10-4-1-2-5-11(10)16-12/h1-2,4-5,8,15H,3,6-7,9H2. The van der Waals surface area contributed by atoms with Crippen LogP contribution in [0.4, 0.5) is 4.39 Å². The van der Waals surface area contributed by atoms with Crippen molar-refractivity contribution >= 4 is 11.0 Å². The van der Waals surface area contributed by atoms with Gasteiger partial charge in [0.15, 0.2) is 5.67 Å². The SMILES string of the molecule is FC1(c2cc3ccccc3o2)CCCNC1. The largest absolute Gasteiger partial charge is 0.458 e. The molecule has 1 saturated heterocycles. The van der Waals surface area contributed by atoms with Crippen LogP contribution >= 0.6 is 0 Å². The summed E-state index contributed by atoms with van der Waals surface area (Å²) in [6, 6.07) is 9.48. The molecular formula is C13H14FNO. The lowest BCUT2D eigenvalue weighted by molar-refractivity contribution is 0.0954. The smallest absolute Gasteiger partial charge is 0.180 e. The lowest BCUT2D eigenvalue weighted by Crippen LogP contribution is -2.39. The quantitative estimate of drug-likeness (QED) is 0.797. The van der Waals surface area contributed by atoms with Gasteiger partial charge in [0.25, 0.3) is 0 Å². The van der Waals surface area contributed by atoms with Crippen LogP contribution in [0.3, 0.4) is 0 Å². The third kappa shape index (κ3) is 1.52. The van der Waals surface area contributed by atoms with E-state index in [0.717, 1.165) is 23.9 Å². The average Bonchev–Trinajstić information content (AvgIpc) is 2.74. The van der Waals surface area contributed by atoms with E-state index in [0.29, 0.717) is 18.7 Å². The number of nitrogens with one attached hydrogen (secondary N) is 1. The molecule has 1 aliphatic rings. The molecule has 0 aliphatic carbocycles. The normalized spacial score (nSPS) is 26.1. The summed E-state index contributed by atoms with van der Waals surface area (Å²) >= 11 is 0. The summed E-state index contributed by atoms with van der Waals surface area (Å²) < 4.78 is 20.2. The van der Waals surface area contributed by atoms with Gasteiger partial charge in [-0.05, 0) is 31.5 Å². The second-order valence-electron chi connectivity index (χ2n) is 4.39. The third-order valence-electron chi connectivity index (χ3n) is 3.20. The van der Waals surface area contributed by atoms with Crippen LogP contribution in [-0.2, 0) is 5.67 Å². The fourth-order valence-corrected chi connectivity index (χ4v) is 2.28. The van der Waals surface area contributed by atoms with Gasteiger partial charge in [0, 0.05) is 11.9 Å². The zero-order chi connectivity index (χ0) is 11.0. The lowest BCUT2D eigenvalue weighted by Gasteiger charge is -2.27. The van der Waals surface area contributed by atoms with E-state index in [1.165, 1.54) is 0 Å². The van der Waals surface area contributed by atoms with Crippen molar-refractivity contribution in [3.05, 3.63) is 36.1 Å². The first-order valence-corrected chi connectivity index (χ1v) is 5.67. The van der Waals surface area contributed by atoms with E-state index >= 15 is 0 Å². The minimum atomic E-state index is -1.34. The van der Waals surface area contributed by atoms with E-state index < -0.39 is 5.67 Å². The molecule has 3 heteroatoms. The first-order chi connectivity index (χ1) is 7.78. The van der Waals surface area contributed by atoms with E-state index in [-0.39, 0.29) is 0 Å². The Labute approximate surface area is 93.4 Å². The topological polar surface area (TPSA) is 25.2 Å². The van der Waals surface area contributed by atoms with Crippen molar-refractivity contribution in [1.82, 2.24) is 5.32 Å². The Morgan fingerprint density at radius 2 is 2.19 bits per heavy atom. The summed E-state index contributed by atoms with van der Waals surface area (Å²) in [4.78, 5) is 0. The molecular weight excluding hydrogens is 205 g/mol. The Hall–Kier alpha value is -1.35. The molecule has 84 valence electrons. The Balaban J connectivity index is 2.04. The van der Waals surface area contributed by atoms with Crippen molar-refractivity contribution in [2.45, 2.75) is 18.5 Å². The van der Waals surface area contributed by atoms with Crippen molar-refractivity contribution in [3.63, 3.8) is 0 Å². The molecule has 1 unspecified atom stereocenters. The van der Waals surface area contributed by atoms with Crippen LogP contribution < -0.4 is 5.32 Å². The summed E-state index contributed by atoms with van der Waals surface area (Å²) in [7, 11) is 0. The van der Waals surface area contributed by atoms with Crippen molar-refractivity contribution in [1.29, 1.82) is 0 Å². The molecule has 1 aliphatic heterocycles. The van der Waals surface area contributed by atoms with Crippen molar-refractivity contribution < 1.29 is 8.81 Å². The van der Waals surface area contributed by atoms with Crippen LogP contribution in [0, 0.1) is 0 Å². The second-order valence-corrected chi connectivity index (χ2v) is 4.39. The van der Waals surface area contributed by atoms with Gasteiger partial charge in [-0.3, -0.25) is 0 Å². The summed E-state index contributed by atoms with van der Waals surface area (Å²) in [5.74, 6) is 0.459. The third-order valence-corrected chi connectivity index (χ3v) is 3.20. The number of para-hydroxylation sites is 1. The lowest BCUT2D eigenvalue weighted by atomic mass is 9.93. The molecule has 1 aromatic carbocycles. The maximum Gasteiger partial charge on any atom is 0.180 e. The number of rotatable bonds is 1. The molecule has 2 aromatic rings. The second kappa shape index (κ2) is 3.59. The summed E-state index contributed by atoms with van der Waals surface area (Å²) in [6.45, 7) is 1.25. The molecule has 1 fully saturated rings. The average molecular weight is 219 g/mol. The number of halogens is 1. The molecule has 2 nitrogen and oxygen atoms in total. The van der Waals surface area contributed by atoms with E-state index in [1.807, 2.05) is 30.3 Å². The molecule has 0 saturated carbocycles. The van der Waals surface area contributed by atoms with Crippen LogP contribution in [0.15, 0.2) is 34.7 Å². The Morgan fingerprint density at radius 1 is 1.31 bits per heavy atom. The highest BCUT2D eigenvalue weighted by Gasteiger charge is 2.37. The first kappa shape index (κ1) is 9.85. The summed E-state index contributed by atoms with van der Waals surface area (Å²) in [5, 5.41) is 4.06. The summed E-state index contributed by atoms with van der Waals surface area (Å²) in [6.07, 6.45) is 1.40. The van der Waals surface area contributed by atoms with Crippen LogP contribution in [0.2, 0.25) is 0 Å². The molecule has 2 heterocycles. The van der Waals surface area contributed by atoms with Gasteiger partial charge in [0.1, 0.15) is 11.3 Å². The molecule has 0 bridgehead atoms. The van der Waals surface area contributed by atoms with E-state index in [9.17, 15) is 4.39 Å². The zero-order valence-electron chi connectivity index (χ0n) is 9.00. The Kier molecular flexibility index (Phi) is 2.21. The molecule has 1 atom stereocenters. The number of benzene rings is 1. The van der Waals surface area contributed by atoms with Crippen LogP contribution in [0.5, 0.6) is 0 Å². The van der Waals surface area contributed by atoms with Gasteiger partial charge >= 0.3 is 0 Å². The highest BCUT2D eigenvalue weighted by atomic mass is 19.1. The van der Waals surface area contributed by atoms with Crippen LogP contribution in [0.25, 0.3) is 11.0 Å². The molecule has 0 radical (unpaired) electrons. The highest BCUT2D eigenvalue weighted by molar-refractivity contribution is 5.77. The molecule has 1 aromatic heterocycles. The van der Waals surface area contributed by atoms with Crippen molar-refractivity contribution in [3.8, 4) is 0 Å². The number of furan rings is 1. The van der Waals surface area contributed by atoms with Crippen LogP contribution in [-0.4, -0.2) is 13.1 Å². The van der Waals surface area contributed by atoms with Gasteiger partial charge < -0.3 is 9.73 Å². The monoisotopic (exact) mass is 219 g/mol. The van der Waals surface area contributed by atoms with Gasteiger partial charge in [-0.2, -0.15) is 0 Å². The molecule has 0 spiro atoms. The minimum absolute atomic E-state index is 0.354. The molecule has 0 amide bonds. The fourth-order valence-electron chi connectivity index (χ4n) is 2.28. The zero-order valence-corrected chi connectivity index (χ0v) is 9.00. The maximum absolute atomic E-state index is 14.6. The highest BCUT2D eigenvalue weighted by Crippen LogP contribution is 2.35. The number of hydrogen-bond donors (Lipinski definition) is 1. The van der Waals surface area contributed by atoms with Gasteiger partial charge in [-0.25, -0.2) is 4.39 Å². The number of hydrogen-bond acceptors (Lipinski definition) is 2. The fraction of sp³-hybridized carbons (Fsp3) is 0.385. The van der Waals surface area contributed by atoms with Gasteiger partial charge in [0.05, 0.1) is 0 Å². The van der Waals surface area contributed by atoms with E-state index in [4.69, 9.17) is 4.42 Å². The van der Waals surface area contributed by atoms with Crippen molar-refractivity contribution in [2.24, 2.45) is 0 Å². The summed E-state index contributed by atoms with van der Waals surface area (Å²) in [5.41, 5.74) is -0.572. The minimum Gasteiger partial charge on any atom is -0.458 e. The number of alkyl halides is 1. The predicted molar refractivity (Wildman–Crippen MR) is 61.1 cm³/mol. The van der Waals surface area contributed by atoms with Gasteiger partial charge in [-0.15, -0.1) is 0 Å². The van der Waals surface area contributed by atoms with Gasteiger partial charge in [-0.1, -0.05) is 18.2 Å². The number of piperidine rings is 1. The van der Waals surface area contributed by atoms with E-state index in [1.54, 1.807) is 0 Å². The van der Waals surface area contributed by atoms with Crippen LogP contribution in [0.1, 0.15) is 18.6 Å². The van der Waals surface area contributed by atoms with Gasteiger partial charge in [0.2, 0.25) is 0 Å². The molecule has 1 N–H and O–H groups in total.